The number of hydrogen-bond acceptors (Lipinski definition) is 6. The topological polar surface area (TPSA) is 110 Å². The van der Waals surface area contributed by atoms with Gasteiger partial charge in [0.1, 0.15) is 17.2 Å². The van der Waals surface area contributed by atoms with E-state index in [1.54, 1.807) is 12.3 Å². The molecule has 3 aromatic rings. The van der Waals surface area contributed by atoms with Crippen molar-refractivity contribution in [2.45, 2.75) is 43.7 Å². The van der Waals surface area contributed by atoms with Crippen LogP contribution in [-0.2, 0) is 6.42 Å². The molecule has 1 saturated heterocycles. The van der Waals surface area contributed by atoms with Gasteiger partial charge in [-0.2, -0.15) is 5.10 Å². The summed E-state index contributed by atoms with van der Waals surface area (Å²) in [4.78, 5) is 22.8. The molecular formula is C22H23FN6O2. The number of carboxylic acids is 1. The minimum Gasteiger partial charge on any atom is -0.477 e. The third-order valence-electron chi connectivity index (χ3n) is 7.07. The Morgan fingerprint density at radius 1 is 1.35 bits per heavy atom. The molecule has 0 unspecified atom stereocenters. The van der Waals surface area contributed by atoms with Gasteiger partial charge in [-0.15, -0.1) is 0 Å². The molecule has 0 radical (unpaired) electrons. The van der Waals surface area contributed by atoms with E-state index in [0.717, 1.165) is 49.9 Å². The van der Waals surface area contributed by atoms with Gasteiger partial charge < -0.3 is 15.7 Å². The number of nitrogens with two attached hydrogens (primary N) is 1. The Kier molecular flexibility index (Phi) is 3.89. The van der Waals surface area contributed by atoms with Crippen LogP contribution in [0.5, 0.6) is 0 Å². The zero-order chi connectivity index (χ0) is 21.3. The summed E-state index contributed by atoms with van der Waals surface area (Å²) in [5.41, 5.74) is 8.37. The van der Waals surface area contributed by atoms with Crippen molar-refractivity contribution in [2.75, 3.05) is 11.4 Å². The number of nitrogens with zero attached hydrogens (tertiary/aromatic N) is 5. The summed E-state index contributed by atoms with van der Waals surface area (Å²) < 4.78 is 15.7. The van der Waals surface area contributed by atoms with E-state index >= 15 is 0 Å². The quantitative estimate of drug-likeness (QED) is 0.628. The smallest absolute Gasteiger partial charge is 0.341 e. The molecule has 0 aromatic carbocycles. The molecule has 3 fully saturated rings. The number of hydrogen-bond donors (Lipinski definition) is 2. The van der Waals surface area contributed by atoms with Crippen LogP contribution in [0.4, 0.5) is 10.2 Å². The lowest BCUT2D eigenvalue weighted by molar-refractivity contribution is 0.0698. The maximum Gasteiger partial charge on any atom is 0.341 e. The maximum absolute atomic E-state index is 14.3. The molecule has 0 amide bonds. The van der Waals surface area contributed by atoms with Crippen molar-refractivity contribution in [1.29, 1.82) is 0 Å². The van der Waals surface area contributed by atoms with E-state index in [-0.39, 0.29) is 23.0 Å². The van der Waals surface area contributed by atoms with E-state index in [1.165, 1.54) is 16.9 Å². The Hall–Kier alpha value is -3.07. The van der Waals surface area contributed by atoms with Crippen molar-refractivity contribution in [1.82, 2.24) is 19.6 Å². The molecule has 3 atom stereocenters. The number of aromatic carboxylic acids is 1. The van der Waals surface area contributed by atoms with Gasteiger partial charge in [-0.3, -0.25) is 4.98 Å². The Morgan fingerprint density at radius 3 is 2.97 bits per heavy atom. The average Bonchev–Trinajstić information content (AvgIpc) is 3.59. The number of aromatic nitrogens is 4. The van der Waals surface area contributed by atoms with Crippen LogP contribution in [0.3, 0.4) is 0 Å². The fourth-order valence-corrected chi connectivity index (χ4v) is 5.00. The van der Waals surface area contributed by atoms with Crippen LogP contribution in [0.2, 0.25) is 0 Å². The number of carboxylic acid groups (broad SMARTS) is 1. The molecule has 0 spiro atoms. The Bertz CT molecular complexity index is 1210. The van der Waals surface area contributed by atoms with E-state index in [4.69, 9.17) is 5.73 Å². The lowest BCUT2D eigenvalue weighted by Gasteiger charge is -2.30. The number of aryl methyl sites for hydroxylation is 1. The van der Waals surface area contributed by atoms with E-state index in [2.05, 4.69) is 20.0 Å². The summed E-state index contributed by atoms with van der Waals surface area (Å²) in [6.07, 6.45) is 9.06. The first-order valence-electron chi connectivity index (χ1n) is 10.7. The predicted octanol–water partition coefficient (Wildman–Crippen LogP) is 2.58. The molecule has 8 nitrogen and oxygen atoms in total. The summed E-state index contributed by atoms with van der Waals surface area (Å²) in [6, 6.07) is 3.42. The molecule has 2 saturated carbocycles. The molecule has 31 heavy (non-hydrogen) atoms. The minimum absolute atomic E-state index is 0.0257. The van der Waals surface area contributed by atoms with Gasteiger partial charge in [-0.25, -0.2) is 18.7 Å². The number of carbonyl (C=O) groups is 1. The molecule has 0 bridgehead atoms. The molecule has 1 aliphatic heterocycles. The van der Waals surface area contributed by atoms with E-state index in [0.29, 0.717) is 23.3 Å². The van der Waals surface area contributed by atoms with Crippen LogP contribution in [-0.4, -0.2) is 42.7 Å². The minimum atomic E-state index is -1.06. The second-order valence-corrected chi connectivity index (χ2v) is 9.23. The Balaban J connectivity index is 1.38. The van der Waals surface area contributed by atoms with Gasteiger partial charge in [0.05, 0.1) is 18.4 Å². The zero-order valence-corrected chi connectivity index (χ0v) is 16.9. The van der Waals surface area contributed by atoms with Gasteiger partial charge in [-0.05, 0) is 61.6 Å². The first-order chi connectivity index (χ1) is 14.9. The third kappa shape index (κ3) is 3.15. The second-order valence-electron chi connectivity index (χ2n) is 9.23. The molecule has 3 aliphatic rings. The molecule has 3 N–H and O–H groups in total. The molecule has 3 aromatic heterocycles. The largest absolute Gasteiger partial charge is 0.477 e. The van der Waals surface area contributed by atoms with Crippen molar-refractivity contribution in [3.63, 3.8) is 0 Å². The zero-order valence-electron chi connectivity index (χ0n) is 16.9. The van der Waals surface area contributed by atoms with Gasteiger partial charge in [0.15, 0.2) is 5.65 Å². The summed E-state index contributed by atoms with van der Waals surface area (Å²) in [5.74, 6) is 0.238. The van der Waals surface area contributed by atoms with Gasteiger partial charge in [0, 0.05) is 24.0 Å². The van der Waals surface area contributed by atoms with Crippen LogP contribution in [0, 0.1) is 17.7 Å². The van der Waals surface area contributed by atoms with Crippen LogP contribution < -0.4 is 10.6 Å². The number of rotatable bonds is 6. The second kappa shape index (κ2) is 6.46. The van der Waals surface area contributed by atoms with Crippen molar-refractivity contribution in [2.24, 2.45) is 17.6 Å². The molecule has 9 heteroatoms. The fourth-order valence-electron chi connectivity index (χ4n) is 5.00. The molecule has 4 heterocycles. The third-order valence-corrected chi connectivity index (χ3v) is 7.07. The van der Waals surface area contributed by atoms with E-state index < -0.39 is 5.97 Å². The van der Waals surface area contributed by atoms with Crippen molar-refractivity contribution >= 4 is 17.4 Å². The average molecular weight is 422 g/mol. The van der Waals surface area contributed by atoms with Gasteiger partial charge in [0.2, 0.25) is 0 Å². The lowest BCUT2D eigenvalue weighted by Crippen LogP contribution is -2.29. The predicted molar refractivity (Wildman–Crippen MR) is 110 cm³/mol. The lowest BCUT2D eigenvalue weighted by atomic mass is 9.96. The number of halogens is 1. The van der Waals surface area contributed by atoms with Crippen molar-refractivity contribution < 1.29 is 14.3 Å². The monoisotopic (exact) mass is 422 g/mol. The number of anilines is 1. The van der Waals surface area contributed by atoms with Crippen molar-refractivity contribution in [3.8, 4) is 0 Å². The van der Waals surface area contributed by atoms with Crippen LogP contribution in [0.25, 0.3) is 5.65 Å². The van der Waals surface area contributed by atoms with Gasteiger partial charge >= 0.3 is 5.97 Å². The maximum atomic E-state index is 14.3. The molecule has 160 valence electrons. The van der Waals surface area contributed by atoms with Gasteiger partial charge in [0.25, 0.3) is 0 Å². The SMILES string of the molecule is NC1(CCc2ncc(F)cc2[C@H]2[C@@H]3C[C@@H]3CN2c2ccn3ncc(C(=O)O)c3n2)CC1. The number of pyridine rings is 1. The summed E-state index contributed by atoms with van der Waals surface area (Å²) in [5, 5.41) is 13.5. The highest BCUT2D eigenvalue weighted by atomic mass is 19.1. The highest BCUT2D eigenvalue weighted by Crippen LogP contribution is 2.57. The summed E-state index contributed by atoms with van der Waals surface area (Å²) in [6.45, 7) is 0.811. The Labute approximate surface area is 177 Å². The summed E-state index contributed by atoms with van der Waals surface area (Å²) in [7, 11) is 0. The van der Waals surface area contributed by atoms with Crippen LogP contribution in [0.1, 0.15) is 53.3 Å². The van der Waals surface area contributed by atoms with Crippen molar-refractivity contribution in [3.05, 3.63) is 53.4 Å². The molecule has 2 aliphatic carbocycles. The highest BCUT2D eigenvalue weighted by molar-refractivity contribution is 5.94. The normalized spacial score (nSPS) is 25.6. The first kappa shape index (κ1) is 18.7. The fraction of sp³-hybridized carbons (Fsp3) is 0.455. The van der Waals surface area contributed by atoms with E-state index in [1.807, 2.05) is 6.07 Å². The number of fused-ring (bicyclic) bond motifs is 2. The van der Waals surface area contributed by atoms with Gasteiger partial charge in [-0.1, -0.05) is 0 Å². The molecular weight excluding hydrogens is 399 g/mol. The molecule has 6 rings (SSSR count). The summed E-state index contributed by atoms with van der Waals surface area (Å²) >= 11 is 0. The first-order valence-corrected chi connectivity index (χ1v) is 10.7. The number of piperidine rings is 1. The Morgan fingerprint density at radius 2 is 2.19 bits per heavy atom. The van der Waals surface area contributed by atoms with Crippen LogP contribution >= 0.6 is 0 Å². The van der Waals surface area contributed by atoms with E-state index in [9.17, 15) is 14.3 Å². The standard InChI is InChI=1S/C22H23FN6O2/c23-13-8-15(17(25-9-13)1-3-22(24)4-5-22)19-14-7-12(14)11-28(19)18-2-6-29-20(27-18)16(10-26-29)21(30)31/h2,6,8-10,12,14,19H,1,3-5,7,11,24H2,(H,30,31)/t12-,14-,19-/m1/s1. The van der Waals surface area contributed by atoms with Crippen LogP contribution in [0.15, 0.2) is 30.7 Å². The highest BCUT2D eigenvalue weighted by Gasteiger charge is 2.54.